The van der Waals surface area contributed by atoms with Crippen LogP contribution in [0.1, 0.15) is 17.4 Å². The molecule has 27 heavy (non-hydrogen) atoms. The molecule has 3 aromatic heterocycles. The first kappa shape index (κ1) is 18.1. The summed E-state index contributed by atoms with van der Waals surface area (Å²) >= 11 is 0. The Morgan fingerprint density at radius 2 is 2.19 bits per heavy atom. The van der Waals surface area contributed by atoms with Gasteiger partial charge in [0.05, 0.1) is 36.0 Å². The molecule has 3 aromatic rings. The van der Waals surface area contributed by atoms with Crippen molar-refractivity contribution in [2.75, 3.05) is 12.4 Å². The molecule has 3 heterocycles. The summed E-state index contributed by atoms with van der Waals surface area (Å²) in [7, 11) is 1.43. The minimum absolute atomic E-state index is 0.0977. The van der Waals surface area contributed by atoms with Gasteiger partial charge in [-0.15, -0.1) is 5.10 Å². The number of methoxy groups -OCH3 is 1. The molecule has 5 N–H and O–H groups in total. The number of anilines is 1. The number of carboxylic acid groups (broad SMARTS) is 1. The van der Waals surface area contributed by atoms with Gasteiger partial charge in [-0.1, -0.05) is 6.07 Å². The number of fused-ring (bicyclic) bond motifs is 1. The number of aliphatic carboxylic acids is 1. The normalized spacial score (nSPS) is 11.8. The maximum atomic E-state index is 12.2. The highest BCUT2D eigenvalue weighted by molar-refractivity contribution is 5.94. The van der Waals surface area contributed by atoms with E-state index in [1.54, 1.807) is 12.1 Å². The van der Waals surface area contributed by atoms with Gasteiger partial charge in [-0.25, -0.2) is 14.6 Å². The van der Waals surface area contributed by atoms with Gasteiger partial charge in [0, 0.05) is 12.3 Å². The number of H-pyrrole nitrogens is 1. The molecule has 1 unspecified atom stereocenters. The number of urea groups is 1. The third-order valence-corrected chi connectivity index (χ3v) is 3.68. The number of carbonyl (C=O) groups excluding carboxylic acids is 1. The van der Waals surface area contributed by atoms with E-state index in [0.717, 1.165) is 0 Å². The molecular formula is C16H16N6O5. The number of hydrogen-bond donors (Lipinski definition) is 5. The number of ether oxygens (including phenoxy) is 1. The van der Waals surface area contributed by atoms with Crippen molar-refractivity contribution in [3.05, 3.63) is 41.9 Å². The van der Waals surface area contributed by atoms with Crippen LogP contribution in [0, 0.1) is 0 Å². The molecule has 0 spiro atoms. The van der Waals surface area contributed by atoms with E-state index in [9.17, 15) is 19.8 Å². The average molecular weight is 372 g/mol. The maximum absolute atomic E-state index is 12.2. The lowest BCUT2D eigenvalue weighted by atomic mass is 10.2. The zero-order chi connectivity index (χ0) is 19.4. The van der Waals surface area contributed by atoms with E-state index in [0.29, 0.717) is 10.9 Å². The molecule has 0 aliphatic heterocycles. The number of aliphatic hydroxyl groups excluding tert-OH is 1. The topological polar surface area (TPSA) is 162 Å². The van der Waals surface area contributed by atoms with Crippen LogP contribution in [0.25, 0.3) is 10.9 Å². The number of hydrogen-bond acceptors (Lipinski definition) is 7. The second kappa shape index (κ2) is 7.66. The number of carbonyl (C=O) groups is 2. The lowest BCUT2D eigenvalue weighted by molar-refractivity contribution is -0.139. The van der Waals surface area contributed by atoms with Gasteiger partial charge in [-0.05, 0) is 12.1 Å². The zero-order valence-corrected chi connectivity index (χ0v) is 14.1. The molecule has 0 aliphatic rings. The second-order valence-corrected chi connectivity index (χ2v) is 5.39. The summed E-state index contributed by atoms with van der Waals surface area (Å²) in [6, 6.07) is 4.10. The Bertz CT molecular complexity index is 974. The number of amides is 2. The summed E-state index contributed by atoms with van der Waals surface area (Å²) in [5.41, 5.74) is 0.909. The standard InChI is InChI=1S/C16H16N6O5/c1-27-14-12-9(21-22-14)6-11(18-10(12)7-23)19-16(26)20-13(15(24)25)8-4-2-3-5-17-8/h2-6,13,23H,7H2,1H3,(H,21,22)(H,24,25)(H2,18,19,20,26). The van der Waals surface area contributed by atoms with Crippen LogP contribution in [-0.4, -0.2) is 49.5 Å². The summed E-state index contributed by atoms with van der Waals surface area (Å²) in [5.74, 6) is -0.902. The van der Waals surface area contributed by atoms with E-state index >= 15 is 0 Å². The van der Waals surface area contributed by atoms with Crippen molar-refractivity contribution >= 4 is 28.7 Å². The number of aromatic amines is 1. The second-order valence-electron chi connectivity index (χ2n) is 5.39. The Morgan fingerprint density at radius 3 is 2.81 bits per heavy atom. The summed E-state index contributed by atoms with van der Waals surface area (Å²) < 4.78 is 5.09. The fraction of sp³-hybridized carbons (Fsp3) is 0.188. The van der Waals surface area contributed by atoms with Gasteiger partial charge in [0.15, 0.2) is 6.04 Å². The molecule has 0 radical (unpaired) electrons. The Balaban J connectivity index is 1.82. The fourth-order valence-corrected chi connectivity index (χ4v) is 2.51. The molecule has 11 heteroatoms. The third-order valence-electron chi connectivity index (χ3n) is 3.68. The van der Waals surface area contributed by atoms with E-state index in [4.69, 9.17) is 4.74 Å². The van der Waals surface area contributed by atoms with Gasteiger partial charge < -0.3 is 20.3 Å². The van der Waals surface area contributed by atoms with Crippen LogP contribution in [0.5, 0.6) is 5.88 Å². The quantitative estimate of drug-likeness (QED) is 0.424. The van der Waals surface area contributed by atoms with Gasteiger partial charge in [0.1, 0.15) is 5.82 Å². The zero-order valence-electron chi connectivity index (χ0n) is 14.1. The third kappa shape index (κ3) is 3.77. The molecule has 0 aromatic carbocycles. The van der Waals surface area contributed by atoms with Crippen LogP contribution in [0.15, 0.2) is 30.5 Å². The summed E-state index contributed by atoms with van der Waals surface area (Å²) in [6.45, 7) is -0.408. The van der Waals surface area contributed by atoms with E-state index < -0.39 is 24.6 Å². The first-order chi connectivity index (χ1) is 13.0. The largest absolute Gasteiger partial charge is 0.479 e. The monoisotopic (exact) mass is 372 g/mol. The number of aromatic nitrogens is 4. The molecular weight excluding hydrogens is 356 g/mol. The van der Waals surface area contributed by atoms with E-state index in [2.05, 4.69) is 30.8 Å². The lowest BCUT2D eigenvalue weighted by Gasteiger charge is -2.14. The summed E-state index contributed by atoms with van der Waals surface area (Å²) in [5, 5.41) is 30.8. The molecule has 140 valence electrons. The molecule has 0 saturated carbocycles. The number of aliphatic hydroxyl groups is 1. The fourth-order valence-electron chi connectivity index (χ4n) is 2.51. The highest BCUT2D eigenvalue weighted by atomic mass is 16.5. The van der Waals surface area contributed by atoms with Gasteiger partial charge in [0.2, 0.25) is 5.88 Å². The molecule has 2 amide bonds. The van der Waals surface area contributed by atoms with Gasteiger partial charge in [-0.2, -0.15) is 0 Å². The predicted octanol–water partition coefficient (Wildman–Crippen LogP) is 0.801. The molecule has 11 nitrogen and oxygen atoms in total. The molecule has 1 atom stereocenters. The molecule has 0 aliphatic carbocycles. The number of pyridine rings is 2. The average Bonchev–Trinajstić information content (AvgIpc) is 3.09. The number of rotatable bonds is 6. The van der Waals surface area contributed by atoms with Crippen molar-refractivity contribution in [3.8, 4) is 5.88 Å². The highest BCUT2D eigenvalue weighted by Crippen LogP contribution is 2.27. The van der Waals surface area contributed by atoms with E-state index in [1.807, 2.05) is 0 Å². The van der Waals surface area contributed by atoms with Crippen molar-refractivity contribution in [1.82, 2.24) is 25.5 Å². The van der Waals surface area contributed by atoms with Crippen molar-refractivity contribution < 1.29 is 24.5 Å². The minimum Gasteiger partial charge on any atom is -0.479 e. The van der Waals surface area contributed by atoms with Crippen molar-refractivity contribution in [2.45, 2.75) is 12.6 Å². The number of carboxylic acids is 1. The first-order valence-corrected chi connectivity index (χ1v) is 7.77. The number of nitrogens with zero attached hydrogens (tertiary/aromatic N) is 3. The van der Waals surface area contributed by atoms with Gasteiger partial charge in [0.25, 0.3) is 0 Å². The van der Waals surface area contributed by atoms with Crippen LogP contribution in [0.3, 0.4) is 0 Å². The molecule has 0 bridgehead atoms. The van der Waals surface area contributed by atoms with Crippen LogP contribution in [0.4, 0.5) is 10.6 Å². The lowest BCUT2D eigenvalue weighted by Crippen LogP contribution is -2.37. The molecule has 0 fully saturated rings. The summed E-state index contributed by atoms with van der Waals surface area (Å²) in [4.78, 5) is 31.8. The smallest absolute Gasteiger partial charge is 0.332 e. The van der Waals surface area contributed by atoms with Crippen LogP contribution < -0.4 is 15.4 Å². The van der Waals surface area contributed by atoms with Gasteiger partial charge >= 0.3 is 12.0 Å². The van der Waals surface area contributed by atoms with Crippen LogP contribution in [0.2, 0.25) is 0 Å². The van der Waals surface area contributed by atoms with Crippen LogP contribution >= 0.6 is 0 Å². The number of nitrogens with one attached hydrogen (secondary N) is 3. The van der Waals surface area contributed by atoms with Crippen molar-refractivity contribution in [3.63, 3.8) is 0 Å². The Labute approximate surface area is 152 Å². The Hall–Kier alpha value is -3.73. The van der Waals surface area contributed by atoms with E-state index in [1.165, 1.54) is 25.4 Å². The van der Waals surface area contributed by atoms with E-state index in [-0.39, 0.29) is 23.1 Å². The highest BCUT2D eigenvalue weighted by Gasteiger charge is 2.23. The SMILES string of the molecule is COc1n[nH]c2cc(NC(=O)NC(C(=O)O)c3ccccn3)nc(CO)c12. The maximum Gasteiger partial charge on any atom is 0.332 e. The first-order valence-electron chi connectivity index (χ1n) is 7.77. The van der Waals surface area contributed by atoms with Crippen LogP contribution in [-0.2, 0) is 11.4 Å². The van der Waals surface area contributed by atoms with Crippen molar-refractivity contribution in [1.29, 1.82) is 0 Å². The summed E-state index contributed by atoms with van der Waals surface area (Å²) in [6.07, 6.45) is 1.43. The molecule has 3 rings (SSSR count). The van der Waals surface area contributed by atoms with Gasteiger partial charge in [-0.3, -0.25) is 15.4 Å². The molecule has 0 saturated heterocycles. The van der Waals surface area contributed by atoms with Crippen molar-refractivity contribution in [2.24, 2.45) is 0 Å². The Morgan fingerprint density at radius 1 is 1.37 bits per heavy atom. The Kier molecular flexibility index (Phi) is 5.13. The predicted molar refractivity (Wildman–Crippen MR) is 93.1 cm³/mol. The minimum atomic E-state index is -1.33.